The quantitative estimate of drug-likeness (QED) is 0.755. The van der Waals surface area contributed by atoms with Crippen LogP contribution in [0.25, 0.3) is 6.08 Å². The van der Waals surface area contributed by atoms with Crippen LogP contribution in [0.1, 0.15) is 18.1 Å². The molecule has 1 atom stereocenters. The van der Waals surface area contributed by atoms with Gasteiger partial charge in [-0.15, -0.1) is 0 Å². The maximum absolute atomic E-state index is 12.1. The van der Waals surface area contributed by atoms with Crippen LogP contribution in [0.3, 0.4) is 0 Å². The molecule has 6 nitrogen and oxygen atoms in total. The maximum Gasteiger partial charge on any atom is 0.244 e. The molecule has 2 amide bonds. The predicted molar refractivity (Wildman–Crippen MR) is 95.7 cm³/mol. The molecule has 0 saturated heterocycles. The molecule has 0 radical (unpaired) electrons. The molecule has 2 aromatic rings. The van der Waals surface area contributed by atoms with E-state index in [0.29, 0.717) is 12.4 Å². The fraction of sp³-hybridized carbons (Fsp3) is 0.211. The number of carbonyl (C=O) groups is 2. The lowest BCUT2D eigenvalue weighted by Gasteiger charge is -2.13. The van der Waals surface area contributed by atoms with Crippen molar-refractivity contribution in [1.82, 2.24) is 15.6 Å². The van der Waals surface area contributed by atoms with Gasteiger partial charge in [-0.05, 0) is 24.1 Å². The largest absolute Gasteiger partial charge is 0.481 e. The summed E-state index contributed by atoms with van der Waals surface area (Å²) in [5, 5.41) is 5.39. The van der Waals surface area contributed by atoms with Crippen LogP contribution < -0.4 is 15.4 Å². The average Bonchev–Trinajstić information content (AvgIpc) is 2.65. The zero-order chi connectivity index (χ0) is 18.1. The van der Waals surface area contributed by atoms with Gasteiger partial charge in [-0.3, -0.25) is 9.59 Å². The van der Waals surface area contributed by atoms with Crippen LogP contribution in [-0.2, 0) is 16.1 Å². The Morgan fingerprint density at radius 1 is 1.20 bits per heavy atom. The number of aromatic nitrogens is 1. The first-order chi connectivity index (χ1) is 12.1. The highest BCUT2D eigenvalue weighted by Crippen LogP contribution is 2.06. The SMILES string of the molecule is COc1ccc(CNC(=O)C(C)NC(=O)/C=C/c2ccccc2)cn1. The molecular formula is C19H21N3O3. The Balaban J connectivity index is 1.78. The van der Waals surface area contributed by atoms with Crippen LogP contribution in [0.4, 0.5) is 0 Å². The molecule has 25 heavy (non-hydrogen) atoms. The van der Waals surface area contributed by atoms with E-state index in [1.807, 2.05) is 36.4 Å². The number of pyridine rings is 1. The molecule has 2 rings (SSSR count). The normalized spacial score (nSPS) is 11.8. The highest BCUT2D eigenvalue weighted by Gasteiger charge is 2.13. The van der Waals surface area contributed by atoms with Crippen molar-refractivity contribution in [1.29, 1.82) is 0 Å². The van der Waals surface area contributed by atoms with E-state index in [4.69, 9.17) is 4.74 Å². The van der Waals surface area contributed by atoms with Gasteiger partial charge in [0.15, 0.2) is 0 Å². The van der Waals surface area contributed by atoms with Crippen LogP contribution in [0, 0.1) is 0 Å². The minimum absolute atomic E-state index is 0.266. The molecule has 1 unspecified atom stereocenters. The molecular weight excluding hydrogens is 318 g/mol. The van der Waals surface area contributed by atoms with E-state index in [1.165, 1.54) is 6.08 Å². The summed E-state index contributed by atoms with van der Waals surface area (Å²) in [5.41, 5.74) is 1.76. The Bertz CT molecular complexity index is 727. The van der Waals surface area contributed by atoms with Crippen molar-refractivity contribution in [3.05, 3.63) is 65.9 Å². The lowest BCUT2D eigenvalue weighted by molar-refractivity contribution is -0.126. The van der Waals surface area contributed by atoms with Gasteiger partial charge in [-0.1, -0.05) is 36.4 Å². The molecule has 130 valence electrons. The minimum Gasteiger partial charge on any atom is -0.481 e. The summed E-state index contributed by atoms with van der Waals surface area (Å²) in [7, 11) is 1.54. The van der Waals surface area contributed by atoms with E-state index in [0.717, 1.165) is 11.1 Å². The van der Waals surface area contributed by atoms with Gasteiger partial charge >= 0.3 is 0 Å². The van der Waals surface area contributed by atoms with E-state index >= 15 is 0 Å². The topological polar surface area (TPSA) is 80.3 Å². The van der Waals surface area contributed by atoms with Gasteiger partial charge in [-0.25, -0.2) is 4.98 Å². The predicted octanol–water partition coefficient (Wildman–Crippen LogP) is 1.92. The van der Waals surface area contributed by atoms with Gasteiger partial charge < -0.3 is 15.4 Å². The lowest BCUT2D eigenvalue weighted by atomic mass is 10.2. The average molecular weight is 339 g/mol. The first-order valence-electron chi connectivity index (χ1n) is 7.88. The Kier molecular flexibility index (Phi) is 6.71. The number of ether oxygens (including phenoxy) is 1. The van der Waals surface area contributed by atoms with Gasteiger partial charge in [0.25, 0.3) is 0 Å². The second-order valence-corrected chi connectivity index (χ2v) is 5.40. The molecule has 0 bridgehead atoms. The van der Waals surface area contributed by atoms with Gasteiger partial charge in [0, 0.05) is 24.9 Å². The van der Waals surface area contributed by atoms with Gasteiger partial charge in [0.2, 0.25) is 17.7 Å². The summed E-state index contributed by atoms with van der Waals surface area (Å²) < 4.78 is 4.98. The van der Waals surface area contributed by atoms with Crippen molar-refractivity contribution in [2.24, 2.45) is 0 Å². The van der Waals surface area contributed by atoms with E-state index in [-0.39, 0.29) is 11.8 Å². The van der Waals surface area contributed by atoms with Gasteiger partial charge in [0.1, 0.15) is 6.04 Å². The van der Waals surface area contributed by atoms with Gasteiger partial charge in [-0.2, -0.15) is 0 Å². The molecule has 6 heteroatoms. The van der Waals surface area contributed by atoms with Crippen LogP contribution in [0.5, 0.6) is 5.88 Å². The van der Waals surface area contributed by atoms with E-state index in [2.05, 4.69) is 15.6 Å². The molecule has 0 aliphatic heterocycles. The fourth-order valence-corrected chi connectivity index (χ4v) is 2.04. The van der Waals surface area contributed by atoms with Crippen molar-refractivity contribution >= 4 is 17.9 Å². The summed E-state index contributed by atoms with van der Waals surface area (Å²) in [6, 6.07) is 12.4. The number of nitrogens with zero attached hydrogens (tertiary/aromatic N) is 1. The summed E-state index contributed by atoms with van der Waals surface area (Å²) in [6.07, 6.45) is 4.74. The molecule has 1 heterocycles. The molecule has 0 aliphatic rings. The first-order valence-corrected chi connectivity index (χ1v) is 7.88. The molecule has 2 N–H and O–H groups in total. The molecule has 0 aliphatic carbocycles. The summed E-state index contributed by atoms with van der Waals surface area (Å²) >= 11 is 0. The summed E-state index contributed by atoms with van der Waals surface area (Å²) in [6.45, 7) is 1.96. The summed E-state index contributed by atoms with van der Waals surface area (Å²) in [4.78, 5) is 28.0. The first kappa shape index (κ1) is 18.2. The smallest absolute Gasteiger partial charge is 0.244 e. The number of hydrogen-bond donors (Lipinski definition) is 2. The maximum atomic E-state index is 12.1. The monoisotopic (exact) mass is 339 g/mol. The molecule has 1 aromatic carbocycles. The Labute approximate surface area is 146 Å². The number of hydrogen-bond acceptors (Lipinski definition) is 4. The molecule has 0 spiro atoms. The van der Waals surface area contributed by atoms with E-state index < -0.39 is 6.04 Å². The standard InChI is InChI=1S/C19H21N3O3/c1-14(22-17(23)10-8-15-6-4-3-5-7-15)19(24)21-13-16-9-11-18(25-2)20-12-16/h3-12,14H,13H2,1-2H3,(H,21,24)(H,22,23)/b10-8+. The van der Waals surface area contributed by atoms with Crippen molar-refractivity contribution < 1.29 is 14.3 Å². The highest BCUT2D eigenvalue weighted by molar-refractivity contribution is 5.95. The minimum atomic E-state index is -0.640. The second kappa shape index (κ2) is 9.22. The van der Waals surface area contributed by atoms with Gasteiger partial charge in [0.05, 0.1) is 7.11 Å². The third kappa shape index (κ3) is 6.10. The second-order valence-electron chi connectivity index (χ2n) is 5.40. The molecule has 0 saturated carbocycles. The number of methoxy groups -OCH3 is 1. The fourth-order valence-electron chi connectivity index (χ4n) is 2.04. The van der Waals surface area contributed by atoms with E-state index in [1.54, 1.807) is 32.4 Å². The number of rotatable bonds is 7. The molecule has 1 aromatic heterocycles. The highest BCUT2D eigenvalue weighted by atomic mass is 16.5. The zero-order valence-electron chi connectivity index (χ0n) is 14.2. The third-order valence-corrected chi connectivity index (χ3v) is 3.45. The third-order valence-electron chi connectivity index (χ3n) is 3.45. The number of benzene rings is 1. The Morgan fingerprint density at radius 2 is 1.96 bits per heavy atom. The summed E-state index contributed by atoms with van der Waals surface area (Å²) in [5.74, 6) is -0.0733. The van der Waals surface area contributed by atoms with Crippen LogP contribution in [-0.4, -0.2) is 29.9 Å². The van der Waals surface area contributed by atoms with Crippen LogP contribution in [0.2, 0.25) is 0 Å². The Hall–Kier alpha value is -3.15. The molecule has 0 fully saturated rings. The number of amides is 2. The van der Waals surface area contributed by atoms with Crippen molar-refractivity contribution in [3.63, 3.8) is 0 Å². The van der Waals surface area contributed by atoms with Crippen LogP contribution >= 0.6 is 0 Å². The lowest BCUT2D eigenvalue weighted by Crippen LogP contribution is -2.44. The Morgan fingerprint density at radius 3 is 2.60 bits per heavy atom. The van der Waals surface area contributed by atoms with Crippen molar-refractivity contribution in [3.8, 4) is 5.88 Å². The van der Waals surface area contributed by atoms with Crippen molar-refractivity contribution in [2.75, 3.05) is 7.11 Å². The van der Waals surface area contributed by atoms with Crippen LogP contribution in [0.15, 0.2) is 54.7 Å². The number of nitrogens with one attached hydrogen (secondary N) is 2. The van der Waals surface area contributed by atoms with Crippen molar-refractivity contribution in [2.45, 2.75) is 19.5 Å². The number of carbonyl (C=O) groups excluding carboxylic acids is 2. The zero-order valence-corrected chi connectivity index (χ0v) is 14.2. The van der Waals surface area contributed by atoms with E-state index in [9.17, 15) is 9.59 Å².